The van der Waals surface area contributed by atoms with Gasteiger partial charge >= 0.3 is 23.9 Å². The average molecular weight is 644 g/mol. The van der Waals surface area contributed by atoms with Gasteiger partial charge in [-0.2, -0.15) is 31.3 Å². The van der Waals surface area contributed by atoms with Crippen LogP contribution in [0.15, 0.2) is 22.7 Å². The van der Waals surface area contributed by atoms with Crippen molar-refractivity contribution in [1.29, 1.82) is 0 Å². The molecule has 0 bridgehead atoms. The zero-order chi connectivity index (χ0) is 32.3. The number of carboxylic acids is 1. The summed E-state index contributed by atoms with van der Waals surface area (Å²) in [6.45, 7) is 5.03. The van der Waals surface area contributed by atoms with Gasteiger partial charge in [-0.1, -0.05) is 11.2 Å². The van der Waals surface area contributed by atoms with Crippen LogP contribution in [-0.4, -0.2) is 67.1 Å². The molecule has 1 aliphatic heterocycles. The summed E-state index contributed by atoms with van der Waals surface area (Å²) < 4.78 is 115. The topological polar surface area (TPSA) is 115 Å². The number of carboxylic acid groups (broad SMARTS) is 1. The van der Waals surface area contributed by atoms with Crippen molar-refractivity contribution < 1.29 is 54.7 Å². The van der Waals surface area contributed by atoms with E-state index >= 15 is 0 Å². The molecule has 236 valence electrons. The fourth-order valence-electron chi connectivity index (χ4n) is 4.75. The SMILES string of the molecule is Cc1cc(C([OH2+])(C(F)(F)F)C(F)(F)F)ccc1-c1sc(-c2noc(CC(C)(C)C(=O)O)n2)nc1CN1CC(F)(F)C[C@@H]1C. The Kier molecular flexibility index (Phi) is 8.19. The van der Waals surface area contributed by atoms with Crippen LogP contribution in [-0.2, 0) is 23.4 Å². The van der Waals surface area contributed by atoms with E-state index in [9.17, 15) is 45.0 Å². The minimum atomic E-state index is -5.97. The summed E-state index contributed by atoms with van der Waals surface area (Å²) in [5.74, 6) is -4.18. The number of carbonyl (C=O) groups is 1. The second-order valence-electron chi connectivity index (χ2n) is 11.3. The smallest absolute Gasteiger partial charge is 0.480 e. The maximum Gasteiger partial charge on any atom is 0.480 e. The third kappa shape index (κ3) is 6.24. The first-order valence-corrected chi connectivity index (χ1v) is 13.6. The van der Waals surface area contributed by atoms with Gasteiger partial charge in [-0.05, 0) is 51.0 Å². The quantitative estimate of drug-likeness (QED) is 0.233. The third-order valence-electron chi connectivity index (χ3n) is 7.29. The maximum absolute atomic E-state index is 14.1. The molecule has 8 nitrogen and oxygen atoms in total. The molecule has 0 amide bonds. The minimum absolute atomic E-state index is 0.0277. The second kappa shape index (κ2) is 10.8. The van der Waals surface area contributed by atoms with E-state index in [0.717, 1.165) is 17.4 Å². The number of aliphatic carboxylic acids is 1. The largest absolute Gasteiger partial charge is 0.481 e. The zero-order valence-electron chi connectivity index (χ0n) is 23.1. The number of likely N-dealkylation sites (tertiary alicyclic amines) is 1. The van der Waals surface area contributed by atoms with E-state index < -0.39 is 59.8 Å². The molecule has 1 atom stereocenters. The monoisotopic (exact) mass is 643 g/mol. The second-order valence-corrected chi connectivity index (χ2v) is 12.3. The first-order valence-electron chi connectivity index (χ1n) is 12.7. The molecule has 17 heteroatoms. The lowest BCUT2D eigenvalue weighted by molar-refractivity contribution is -0.376. The van der Waals surface area contributed by atoms with Crippen molar-refractivity contribution in [2.45, 2.75) is 77.0 Å². The summed E-state index contributed by atoms with van der Waals surface area (Å²) in [5, 5.41) is 20.7. The van der Waals surface area contributed by atoms with Gasteiger partial charge in [0.15, 0.2) is 5.01 Å². The predicted octanol–water partition coefficient (Wildman–Crippen LogP) is 6.10. The van der Waals surface area contributed by atoms with E-state index in [1.165, 1.54) is 25.7 Å². The van der Waals surface area contributed by atoms with Crippen LogP contribution in [0.1, 0.15) is 49.9 Å². The molecule has 0 unspecified atom stereocenters. The Labute approximate surface area is 243 Å². The van der Waals surface area contributed by atoms with Gasteiger partial charge in [-0.15, -0.1) is 11.3 Å². The molecular formula is C26H27F8N4O4S+. The lowest BCUT2D eigenvalue weighted by Crippen LogP contribution is -2.53. The molecule has 43 heavy (non-hydrogen) atoms. The molecule has 0 aliphatic carbocycles. The van der Waals surface area contributed by atoms with Gasteiger partial charge in [0.05, 0.1) is 28.1 Å². The third-order valence-corrected chi connectivity index (χ3v) is 8.41. The number of thiazole rings is 1. The lowest BCUT2D eigenvalue weighted by atomic mass is 9.89. The van der Waals surface area contributed by atoms with E-state index in [2.05, 4.69) is 15.1 Å². The average Bonchev–Trinajstić information content (AvgIpc) is 3.54. The van der Waals surface area contributed by atoms with Crippen LogP contribution in [0.3, 0.4) is 0 Å². The van der Waals surface area contributed by atoms with Crippen molar-refractivity contribution in [2.24, 2.45) is 5.41 Å². The highest BCUT2D eigenvalue weighted by Crippen LogP contribution is 2.51. The number of nitrogens with zero attached hydrogens (tertiary/aromatic N) is 4. The van der Waals surface area contributed by atoms with Gasteiger partial charge in [-0.25, -0.2) is 13.8 Å². The van der Waals surface area contributed by atoms with Crippen molar-refractivity contribution in [2.75, 3.05) is 6.54 Å². The Bertz CT molecular complexity index is 1500. The first kappa shape index (κ1) is 32.7. The summed E-state index contributed by atoms with van der Waals surface area (Å²) in [6.07, 6.45) is -12.5. The highest BCUT2D eigenvalue weighted by atomic mass is 32.1. The molecule has 1 aromatic carbocycles. The Balaban J connectivity index is 1.79. The van der Waals surface area contributed by atoms with E-state index in [1.54, 1.807) is 6.92 Å². The Morgan fingerprint density at radius 3 is 2.30 bits per heavy atom. The number of hydrogen-bond acceptors (Lipinski definition) is 7. The van der Waals surface area contributed by atoms with Gasteiger partial charge in [0, 0.05) is 25.4 Å². The molecule has 2 aromatic heterocycles. The molecule has 3 N–H and O–H groups in total. The Morgan fingerprint density at radius 2 is 1.79 bits per heavy atom. The van der Waals surface area contributed by atoms with Gasteiger partial charge < -0.3 is 14.7 Å². The predicted molar refractivity (Wildman–Crippen MR) is 138 cm³/mol. The van der Waals surface area contributed by atoms with E-state index in [1.807, 2.05) is 0 Å². The Hall–Kier alpha value is -3.18. The number of benzene rings is 1. The van der Waals surface area contributed by atoms with Gasteiger partial charge in [-0.3, -0.25) is 9.69 Å². The van der Waals surface area contributed by atoms with E-state index in [-0.39, 0.29) is 51.4 Å². The molecule has 3 aromatic rings. The van der Waals surface area contributed by atoms with Gasteiger partial charge in [0.2, 0.25) is 11.7 Å². The van der Waals surface area contributed by atoms with Crippen LogP contribution in [0.4, 0.5) is 35.1 Å². The molecule has 3 heterocycles. The zero-order valence-corrected chi connectivity index (χ0v) is 23.9. The standard InChI is InChI=1S/C26H26F8N4O4S/c1-12-7-14(24(41,25(29,30)31)26(32,33)34)5-6-15(12)18-16(10-38-11-23(27,28)8-13(38)2)35-20(43-18)19-36-17(42-37-19)9-22(3,4)21(39)40/h5-7,13,41H,8-11H2,1-4H3,(H,39,40)/p+1/t13-/m0/s1. The normalized spacial score (nSPS) is 18.4. The number of aryl methyl sites for hydroxylation is 1. The van der Waals surface area contributed by atoms with Crippen LogP contribution in [0.25, 0.3) is 21.3 Å². The van der Waals surface area contributed by atoms with E-state index in [4.69, 9.17) is 9.63 Å². The number of halogens is 8. The van der Waals surface area contributed by atoms with Crippen molar-refractivity contribution in [3.8, 4) is 21.3 Å². The van der Waals surface area contributed by atoms with Crippen LogP contribution < -0.4 is 0 Å². The summed E-state index contributed by atoms with van der Waals surface area (Å²) >= 11 is 0.908. The number of hydrogen-bond donors (Lipinski definition) is 1. The molecule has 4 rings (SSSR count). The molecule has 0 spiro atoms. The molecule has 1 fully saturated rings. The summed E-state index contributed by atoms with van der Waals surface area (Å²) in [5.41, 5.74) is -7.15. The number of rotatable bonds is 8. The van der Waals surface area contributed by atoms with Crippen molar-refractivity contribution >= 4 is 17.3 Å². The molecule has 1 aliphatic rings. The van der Waals surface area contributed by atoms with Gasteiger partial charge in [0.1, 0.15) is 0 Å². The molecule has 0 saturated carbocycles. The highest BCUT2D eigenvalue weighted by molar-refractivity contribution is 7.18. The number of alkyl halides is 8. The summed E-state index contributed by atoms with van der Waals surface area (Å²) in [6, 6.07) is 1.63. The van der Waals surface area contributed by atoms with Crippen molar-refractivity contribution in [1.82, 2.24) is 20.0 Å². The summed E-state index contributed by atoms with van der Waals surface area (Å²) in [7, 11) is 0. The van der Waals surface area contributed by atoms with Crippen LogP contribution in [0.2, 0.25) is 0 Å². The summed E-state index contributed by atoms with van der Waals surface area (Å²) in [4.78, 5) is 21.8. The Morgan fingerprint density at radius 1 is 1.16 bits per heavy atom. The minimum Gasteiger partial charge on any atom is -0.481 e. The van der Waals surface area contributed by atoms with Crippen molar-refractivity contribution in [3.63, 3.8) is 0 Å². The lowest BCUT2D eigenvalue weighted by Gasteiger charge is -2.28. The maximum atomic E-state index is 14.1. The first-order chi connectivity index (χ1) is 19.6. The highest BCUT2D eigenvalue weighted by Gasteiger charge is 2.76. The van der Waals surface area contributed by atoms with E-state index in [0.29, 0.717) is 12.1 Å². The number of aromatic nitrogens is 3. The van der Waals surface area contributed by atoms with Gasteiger partial charge in [0.25, 0.3) is 5.92 Å². The van der Waals surface area contributed by atoms with Crippen LogP contribution in [0, 0.1) is 12.3 Å². The molecular weight excluding hydrogens is 616 g/mol. The van der Waals surface area contributed by atoms with Crippen molar-refractivity contribution in [3.05, 3.63) is 40.9 Å². The molecule has 0 radical (unpaired) electrons. The van der Waals surface area contributed by atoms with Crippen LogP contribution >= 0.6 is 11.3 Å². The van der Waals surface area contributed by atoms with Crippen LogP contribution in [0.5, 0.6) is 0 Å². The fourth-order valence-corrected chi connectivity index (χ4v) is 5.85. The fraction of sp³-hybridized carbons (Fsp3) is 0.538. The molecule has 1 saturated heterocycles.